The average molecular weight is 338 g/mol. The lowest BCUT2D eigenvalue weighted by Crippen LogP contribution is -2.16. The molecular formula is C16H13F3N2O3. The van der Waals surface area contributed by atoms with E-state index in [0.29, 0.717) is 17.8 Å². The summed E-state index contributed by atoms with van der Waals surface area (Å²) in [5.41, 5.74) is 4.92. The number of nitrogens with one attached hydrogen (secondary N) is 1. The van der Waals surface area contributed by atoms with Crippen LogP contribution in [-0.4, -0.2) is 17.0 Å². The van der Waals surface area contributed by atoms with Gasteiger partial charge in [0.1, 0.15) is 0 Å². The van der Waals surface area contributed by atoms with Gasteiger partial charge < -0.3 is 16.2 Å². The van der Waals surface area contributed by atoms with Gasteiger partial charge in [-0.15, -0.1) is 0 Å². The van der Waals surface area contributed by atoms with Crippen molar-refractivity contribution in [1.82, 2.24) is 0 Å². The summed E-state index contributed by atoms with van der Waals surface area (Å²) in [6.45, 7) is 1.76. The van der Waals surface area contributed by atoms with Crippen molar-refractivity contribution in [3.05, 3.63) is 58.7 Å². The van der Waals surface area contributed by atoms with E-state index in [1.807, 2.05) is 0 Å². The summed E-state index contributed by atoms with van der Waals surface area (Å²) in [4.78, 5) is 23.1. The number of amides is 1. The molecule has 1 amide bonds. The van der Waals surface area contributed by atoms with Gasteiger partial charge in [-0.25, -0.2) is 4.79 Å². The van der Waals surface area contributed by atoms with Crippen molar-refractivity contribution in [3.8, 4) is 0 Å². The molecule has 0 aliphatic rings. The Morgan fingerprint density at radius 3 is 2.25 bits per heavy atom. The van der Waals surface area contributed by atoms with Crippen LogP contribution in [0.2, 0.25) is 0 Å². The molecule has 5 nitrogen and oxygen atoms in total. The van der Waals surface area contributed by atoms with Crippen LogP contribution in [0.15, 0.2) is 36.4 Å². The number of aromatic carboxylic acids is 1. The number of hydrogen-bond donors (Lipinski definition) is 3. The molecule has 0 bridgehead atoms. The Labute approximate surface area is 134 Å². The molecule has 0 aliphatic heterocycles. The van der Waals surface area contributed by atoms with E-state index in [0.717, 1.165) is 11.6 Å². The fourth-order valence-corrected chi connectivity index (χ4v) is 1.97. The minimum atomic E-state index is -4.77. The van der Waals surface area contributed by atoms with Crippen LogP contribution in [0, 0.1) is 6.92 Å². The zero-order chi connectivity index (χ0) is 18.1. The van der Waals surface area contributed by atoms with Crippen molar-refractivity contribution >= 4 is 23.3 Å². The Hall–Kier alpha value is -3.03. The molecule has 2 aromatic rings. The van der Waals surface area contributed by atoms with E-state index in [4.69, 9.17) is 10.8 Å². The van der Waals surface area contributed by atoms with Gasteiger partial charge in [-0.2, -0.15) is 13.2 Å². The fraction of sp³-hybridized carbons (Fsp3) is 0.125. The van der Waals surface area contributed by atoms with Crippen molar-refractivity contribution in [3.63, 3.8) is 0 Å². The van der Waals surface area contributed by atoms with Crippen LogP contribution in [-0.2, 0) is 6.18 Å². The SMILES string of the molecule is Cc1ccc(NC(=O)c2cc(C(=O)O)cc(C(F)(F)F)c2)cc1N. The Morgan fingerprint density at radius 1 is 1.08 bits per heavy atom. The zero-order valence-electron chi connectivity index (χ0n) is 12.4. The first-order valence-electron chi connectivity index (χ1n) is 6.71. The second kappa shape index (κ2) is 6.23. The smallest absolute Gasteiger partial charge is 0.416 e. The predicted molar refractivity (Wildman–Crippen MR) is 81.9 cm³/mol. The van der Waals surface area contributed by atoms with E-state index in [1.54, 1.807) is 13.0 Å². The Bertz CT molecular complexity index is 817. The molecule has 0 heterocycles. The summed E-state index contributed by atoms with van der Waals surface area (Å²) in [6.07, 6.45) is -4.77. The predicted octanol–water partition coefficient (Wildman–Crippen LogP) is 3.55. The summed E-state index contributed by atoms with van der Waals surface area (Å²) >= 11 is 0. The second-order valence-corrected chi connectivity index (χ2v) is 5.13. The highest BCUT2D eigenvalue weighted by Crippen LogP contribution is 2.31. The molecule has 0 fully saturated rings. The molecule has 0 aromatic heterocycles. The summed E-state index contributed by atoms with van der Waals surface area (Å²) in [7, 11) is 0. The van der Waals surface area contributed by atoms with Gasteiger partial charge >= 0.3 is 12.1 Å². The lowest BCUT2D eigenvalue weighted by atomic mass is 10.0. The van der Waals surface area contributed by atoms with Gasteiger partial charge in [-0.1, -0.05) is 6.07 Å². The van der Waals surface area contributed by atoms with E-state index < -0.39 is 34.7 Å². The van der Waals surface area contributed by atoms with Crippen molar-refractivity contribution in [2.75, 3.05) is 11.1 Å². The van der Waals surface area contributed by atoms with Crippen LogP contribution < -0.4 is 11.1 Å². The topological polar surface area (TPSA) is 92.4 Å². The maximum atomic E-state index is 12.9. The minimum absolute atomic E-state index is 0.289. The zero-order valence-corrected chi connectivity index (χ0v) is 12.4. The van der Waals surface area contributed by atoms with E-state index >= 15 is 0 Å². The summed E-state index contributed by atoms with van der Waals surface area (Å²) in [5.74, 6) is -2.43. The third kappa shape index (κ3) is 3.83. The van der Waals surface area contributed by atoms with Crippen molar-refractivity contribution < 1.29 is 27.9 Å². The fourth-order valence-electron chi connectivity index (χ4n) is 1.97. The molecule has 24 heavy (non-hydrogen) atoms. The average Bonchev–Trinajstić information content (AvgIpc) is 2.49. The van der Waals surface area contributed by atoms with E-state index in [2.05, 4.69) is 5.32 Å². The number of halogens is 3. The van der Waals surface area contributed by atoms with Crippen LogP contribution in [0.3, 0.4) is 0 Å². The second-order valence-electron chi connectivity index (χ2n) is 5.13. The first-order valence-corrected chi connectivity index (χ1v) is 6.71. The van der Waals surface area contributed by atoms with Gasteiger partial charge in [0.15, 0.2) is 0 Å². The maximum absolute atomic E-state index is 12.9. The number of carbonyl (C=O) groups excluding carboxylic acids is 1. The maximum Gasteiger partial charge on any atom is 0.416 e. The quantitative estimate of drug-likeness (QED) is 0.746. The number of carbonyl (C=O) groups is 2. The van der Waals surface area contributed by atoms with Crippen molar-refractivity contribution in [2.24, 2.45) is 0 Å². The van der Waals surface area contributed by atoms with E-state index in [9.17, 15) is 22.8 Å². The van der Waals surface area contributed by atoms with Crippen molar-refractivity contribution in [1.29, 1.82) is 0 Å². The van der Waals surface area contributed by atoms with Gasteiger partial charge in [0, 0.05) is 16.9 Å². The standard InChI is InChI=1S/C16H13F3N2O3/c1-8-2-3-12(7-13(8)20)21-14(22)9-4-10(15(23)24)6-11(5-9)16(17,18)19/h2-7H,20H2,1H3,(H,21,22)(H,23,24). The number of aryl methyl sites for hydroxylation is 1. The summed E-state index contributed by atoms with van der Waals surface area (Å²) < 4.78 is 38.6. The molecule has 2 rings (SSSR count). The van der Waals surface area contributed by atoms with Gasteiger partial charge in [0.2, 0.25) is 0 Å². The number of nitrogen functional groups attached to an aromatic ring is 1. The van der Waals surface area contributed by atoms with Crippen LogP contribution in [0.25, 0.3) is 0 Å². The highest BCUT2D eigenvalue weighted by atomic mass is 19.4. The molecule has 0 aliphatic carbocycles. The van der Waals surface area contributed by atoms with Crippen LogP contribution in [0.4, 0.5) is 24.5 Å². The lowest BCUT2D eigenvalue weighted by Gasteiger charge is -2.11. The van der Waals surface area contributed by atoms with Crippen LogP contribution in [0.1, 0.15) is 31.8 Å². The highest BCUT2D eigenvalue weighted by molar-refractivity contribution is 6.06. The monoisotopic (exact) mass is 338 g/mol. The van der Waals surface area contributed by atoms with E-state index in [1.165, 1.54) is 12.1 Å². The summed E-state index contributed by atoms with van der Waals surface area (Å²) in [5, 5.41) is 11.3. The van der Waals surface area contributed by atoms with Crippen LogP contribution >= 0.6 is 0 Å². The minimum Gasteiger partial charge on any atom is -0.478 e. The Kier molecular flexibility index (Phi) is 4.50. The third-order valence-corrected chi connectivity index (χ3v) is 3.31. The number of carboxylic acids is 1. The van der Waals surface area contributed by atoms with Gasteiger partial charge in [0.05, 0.1) is 11.1 Å². The largest absolute Gasteiger partial charge is 0.478 e. The normalized spacial score (nSPS) is 11.2. The van der Waals surface area contributed by atoms with Gasteiger partial charge in [-0.05, 0) is 42.8 Å². The number of anilines is 2. The Morgan fingerprint density at radius 2 is 1.71 bits per heavy atom. The van der Waals surface area contributed by atoms with Gasteiger partial charge in [0.25, 0.3) is 5.91 Å². The first-order chi connectivity index (χ1) is 11.1. The molecule has 0 unspecified atom stereocenters. The van der Waals surface area contributed by atoms with E-state index in [-0.39, 0.29) is 5.69 Å². The molecule has 126 valence electrons. The number of alkyl halides is 3. The number of carboxylic acid groups (broad SMARTS) is 1. The Balaban J connectivity index is 2.39. The summed E-state index contributed by atoms with van der Waals surface area (Å²) in [6, 6.07) is 6.58. The van der Waals surface area contributed by atoms with Crippen LogP contribution in [0.5, 0.6) is 0 Å². The molecule has 0 atom stereocenters. The molecule has 8 heteroatoms. The number of benzene rings is 2. The van der Waals surface area contributed by atoms with Crippen molar-refractivity contribution in [2.45, 2.75) is 13.1 Å². The first kappa shape index (κ1) is 17.3. The molecule has 2 aromatic carbocycles. The molecule has 0 radical (unpaired) electrons. The third-order valence-electron chi connectivity index (χ3n) is 3.31. The molecular weight excluding hydrogens is 325 g/mol. The molecule has 0 saturated carbocycles. The van der Waals surface area contributed by atoms with Gasteiger partial charge in [-0.3, -0.25) is 4.79 Å². The lowest BCUT2D eigenvalue weighted by molar-refractivity contribution is -0.137. The molecule has 0 saturated heterocycles. The number of hydrogen-bond acceptors (Lipinski definition) is 3. The number of nitrogens with two attached hydrogens (primary N) is 1. The highest BCUT2D eigenvalue weighted by Gasteiger charge is 2.32. The molecule has 0 spiro atoms. The number of rotatable bonds is 3. The molecule has 4 N–H and O–H groups in total.